The van der Waals surface area contributed by atoms with Gasteiger partial charge in [0, 0.05) is 32.2 Å². The molecular formula is C17H25N3O3S. The molecule has 0 bridgehead atoms. The number of rotatable bonds is 3. The smallest absolute Gasteiger partial charge is 0.243 e. The zero-order chi connectivity index (χ0) is 17.3. The minimum atomic E-state index is -3.52. The van der Waals surface area contributed by atoms with Gasteiger partial charge in [-0.05, 0) is 38.3 Å². The highest BCUT2D eigenvalue weighted by Gasteiger charge is 2.35. The normalized spacial score (nSPS) is 23.5. The minimum absolute atomic E-state index is 0.0196. The first-order chi connectivity index (χ1) is 11.4. The lowest BCUT2D eigenvalue weighted by Gasteiger charge is -2.40. The van der Waals surface area contributed by atoms with Crippen LogP contribution in [-0.2, 0) is 14.8 Å². The molecule has 0 aromatic heterocycles. The van der Waals surface area contributed by atoms with Gasteiger partial charge in [-0.15, -0.1) is 0 Å². The van der Waals surface area contributed by atoms with Crippen molar-refractivity contribution in [2.24, 2.45) is 0 Å². The van der Waals surface area contributed by atoms with Gasteiger partial charge in [0.2, 0.25) is 15.9 Å². The van der Waals surface area contributed by atoms with Gasteiger partial charge in [0.25, 0.3) is 0 Å². The quantitative estimate of drug-likeness (QED) is 0.878. The maximum absolute atomic E-state index is 13.0. The van der Waals surface area contributed by atoms with Crippen molar-refractivity contribution in [3.8, 4) is 0 Å². The molecule has 6 nitrogen and oxygen atoms in total. The van der Waals surface area contributed by atoms with Crippen molar-refractivity contribution in [2.45, 2.75) is 37.6 Å². The topological polar surface area (TPSA) is 69.7 Å². The lowest BCUT2D eigenvalue weighted by atomic mass is 10.1. The van der Waals surface area contributed by atoms with E-state index in [4.69, 9.17) is 0 Å². The Hall–Kier alpha value is -1.44. The number of hydrogen-bond acceptors (Lipinski definition) is 4. The molecule has 0 saturated carbocycles. The van der Waals surface area contributed by atoms with Gasteiger partial charge in [-0.3, -0.25) is 4.79 Å². The number of nitrogens with one attached hydrogen (secondary N) is 1. The fourth-order valence-electron chi connectivity index (χ4n) is 3.63. The number of piperazine rings is 1. The molecule has 3 rings (SSSR count). The number of hydrogen-bond donors (Lipinski definition) is 1. The molecule has 1 unspecified atom stereocenters. The number of amides is 1. The first-order valence-electron chi connectivity index (χ1n) is 8.47. The summed E-state index contributed by atoms with van der Waals surface area (Å²) in [6, 6.07) is 5.41. The Bertz CT molecular complexity index is 733. The van der Waals surface area contributed by atoms with Gasteiger partial charge in [0.15, 0.2) is 0 Å². The molecule has 1 amide bonds. The third kappa shape index (κ3) is 3.34. The second-order valence-corrected chi connectivity index (χ2v) is 8.60. The number of piperidine rings is 1. The highest BCUT2D eigenvalue weighted by atomic mass is 32.2. The van der Waals surface area contributed by atoms with Crippen LogP contribution in [0.25, 0.3) is 0 Å². The summed E-state index contributed by atoms with van der Waals surface area (Å²) in [5, 5.41) is 3.06. The van der Waals surface area contributed by atoms with E-state index < -0.39 is 10.0 Å². The summed E-state index contributed by atoms with van der Waals surface area (Å²) in [6.45, 7) is 6.47. The highest BCUT2D eigenvalue weighted by Crippen LogP contribution is 2.26. The predicted octanol–water partition coefficient (Wildman–Crippen LogP) is 0.888. The van der Waals surface area contributed by atoms with E-state index in [0.717, 1.165) is 30.5 Å². The lowest BCUT2D eigenvalue weighted by molar-refractivity contribution is -0.135. The SMILES string of the molecule is Cc1ccc(S(=O)(=O)N2CCCC(N3CCNCC3=O)C2)c(C)c1. The molecule has 0 aliphatic carbocycles. The number of benzene rings is 1. The second-order valence-electron chi connectivity index (χ2n) is 6.69. The summed E-state index contributed by atoms with van der Waals surface area (Å²) in [5.41, 5.74) is 1.82. The average Bonchev–Trinajstić information content (AvgIpc) is 2.55. The minimum Gasteiger partial charge on any atom is -0.336 e. The molecule has 2 heterocycles. The molecule has 24 heavy (non-hydrogen) atoms. The monoisotopic (exact) mass is 351 g/mol. The maximum atomic E-state index is 13.0. The Morgan fingerprint density at radius 2 is 2.00 bits per heavy atom. The van der Waals surface area contributed by atoms with Gasteiger partial charge in [0.1, 0.15) is 0 Å². The van der Waals surface area contributed by atoms with Crippen LogP contribution >= 0.6 is 0 Å². The summed E-state index contributed by atoms with van der Waals surface area (Å²) in [4.78, 5) is 14.3. The van der Waals surface area contributed by atoms with Crippen molar-refractivity contribution in [3.63, 3.8) is 0 Å². The van der Waals surface area contributed by atoms with Crippen LogP contribution in [0.15, 0.2) is 23.1 Å². The first kappa shape index (κ1) is 17.4. The molecule has 0 spiro atoms. The molecule has 2 aliphatic rings. The Morgan fingerprint density at radius 1 is 1.21 bits per heavy atom. The largest absolute Gasteiger partial charge is 0.336 e. The Balaban J connectivity index is 1.82. The van der Waals surface area contributed by atoms with Gasteiger partial charge in [-0.1, -0.05) is 17.7 Å². The van der Waals surface area contributed by atoms with Gasteiger partial charge in [-0.25, -0.2) is 8.42 Å². The lowest BCUT2D eigenvalue weighted by Crippen LogP contribution is -2.57. The Kier molecular flexibility index (Phi) is 4.94. The van der Waals surface area contributed by atoms with Crippen molar-refractivity contribution >= 4 is 15.9 Å². The zero-order valence-electron chi connectivity index (χ0n) is 14.3. The van der Waals surface area contributed by atoms with E-state index in [-0.39, 0.29) is 11.9 Å². The van der Waals surface area contributed by atoms with E-state index >= 15 is 0 Å². The van der Waals surface area contributed by atoms with E-state index in [1.54, 1.807) is 10.4 Å². The fourth-order valence-corrected chi connectivity index (χ4v) is 5.35. The van der Waals surface area contributed by atoms with Crippen molar-refractivity contribution in [1.82, 2.24) is 14.5 Å². The van der Waals surface area contributed by atoms with Crippen LogP contribution in [0, 0.1) is 13.8 Å². The molecule has 0 radical (unpaired) electrons. The summed E-state index contributed by atoms with van der Waals surface area (Å²) in [6.07, 6.45) is 1.65. The van der Waals surface area contributed by atoms with Gasteiger partial charge < -0.3 is 10.2 Å². The number of carbonyl (C=O) groups excluding carboxylic acids is 1. The third-order valence-electron chi connectivity index (χ3n) is 4.87. The molecule has 1 aromatic rings. The zero-order valence-corrected chi connectivity index (χ0v) is 15.1. The van der Waals surface area contributed by atoms with Crippen LogP contribution in [0.1, 0.15) is 24.0 Å². The predicted molar refractivity (Wildman–Crippen MR) is 92.3 cm³/mol. The summed E-state index contributed by atoms with van der Waals surface area (Å²) in [7, 11) is -3.52. The Labute approximate surface area is 143 Å². The molecule has 2 aliphatic heterocycles. The average molecular weight is 351 g/mol. The van der Waals surface area contributed by atoms with E-state index in [1.807, 2.05) is 30.9 Å². The molecule has 1 aromatic carbocycles. The van der Waals surface area contributed by atoms with Gasteiger partial charge in [-0.2, -0.15) is 4.31 Å². The van der Waals surface area contributed by atoms with E-state index in [2.05, 4.69) is 5.32 Å². The van der Waals surface area contributed by atoms with E-state index in [9.17, 15) is 13.2 Å². The van der Waals surface area contributed by atoms with E-state index in [0.29, 0.717) is 31.1 Å². The number of aryl methyl sites for hydroxylation is 2. The summed E-state index contributed by atoms with van der Waals surface area (Å²) < 4.78 is 27.6. The van der Waals surface area contributed by atoms with Crippen molar-refractivity contribution in [1.29, 1.82) is 0 Å². The molecular weight excluding hydrogens is 326 g/mol. The van der Waals surface area contributed by atoms with Crippen LogP contribution in [0.5, 0.6) is 0 Å². The fraction of sp³-hybridized carbons (Fsp3) is 0.588. The molecule has 1 N–H and O–H groups in total. The van der Waals surface area contributed by atoms with Crippen LogP contribution in [0.2, 0.25) is 0 Å². The summed E-state index contributed by atoms with van der Waals surface area (Å²) >= 11 is 0. The van der Waals surface area contributed by atoms with Gasteiger partial charge >= 0.3 is 0 Å². The van der Waals surface area contributed by atoms with Gasteiger partial charge in [0.05, 0.1) is 11.4 Å². The van der Waals surface area contributed by atoms with E-state index in [1.165, 1.54) is 0 Å². The van der Waals surface area contributed by atoms with Crippen molar-refractivity contribution < 1.29 is 13.2 Å². The van der Waals surface area contributed by atoms with Crippen molar-refractivity contribution in [2.75, 3.05) is 32.7 Å². The van der Waals surface area contributed by atoms with Crippen LogP contribution < -0.4 is 5.32 Å². The maximum Gasteiger partial charge on any atom is 0.243 e. The van der Waals surface area contributed by atoms with Crippen LogP contribution in [-0.4, -0.2) is 62.3 Å². The number of nitrogens with zero attached hydrogens (tertiary/aromatic N) is 2. The standard InChI is InChI=1S/C17H25N3O3S/c1-13-5-6-16(14(2)10-13)24(22,23)19-8-3-4-15(12-19)20-9-7-18-11-17(20)21/h5-6,10,15,18H,3-4,7-9,11-12H2,1-2H3. The molecule has 7 heteroatoms. The molecule has 2 fully saturated rings. The van der Waals surface area contributed by atoms with Crippen LogP contribution in [0.4, 0.5) is 0 Å². The number of carbonyl (C=O) groups is 1. The summed E-state index contributed by atoms with van der Waals surface area (Å²) in [5.74, 6) is 0.0667. The first-order valence-corrected chi connectivity index (χ1v) is 9.91. The molecule has 1 atom stereocenters. The molecule has 132 valence electrons. The number of sulfonamides is 1. The Morgan fingerprint density at radius 3 is 2.71 bits per heavy atom. The van der Waals surface area contributed by atoms with Crippen LogP contribution in [0.3, 0.4) is 0 Å². The highest BCUT2D eigenvalue weighted by molar-refractivity contribution is 7.89. The molecule has 2 saturated heterocycles. The van der Waals surface area contributed by atoms with Crippen molar-refractivity contribution in [3.05, 3.63) is 29.3 Å². The second kappa shape index (κ2) is 6.82. The third-order valence-corrected chi connectivity index (χ3v) is 6.90.